The number of pyridine rings is 1. The van der Waals surface area contributed by atoms with E-state index in [9.17, 15) is 0 Å². The van der Waals surface area contributed by atoms with E-state index in [4.69, 9.17) is 10.5 Å². The van der Waals surface area contributed by atoms with Gasteiger partial charge in [-0.15, -0.1) is 0 Å². The number of ether oxygens (including phenoxy) is 1. The van der Waals surface area contributed by atoms with Crippen LogP contribution in [0.3, 0.4) is 0 Å². The van der Waals surface area contributed by atoms with Crippen molar-refractivity contribution in [2.45, 2.75) is 58.6 Å². The van der Waals surface area contributed by atoms with Crippen molar-refractivity contribution in [1.82, 2.24) is 15.0 Å². The summed E-state index contributed by atoms with van der Waals surface area (Å²) in [5.74, 6) is 1.51. The van der Waals surface area contributed by atoms with Crippen LogP contribution in [-0.4, -0.2) is 21.0 Å². The van der Waals surface area contributed by atoms with Gasteiger partial charge in [-0.25, -0.2) is 4.98 Å². The maximum Gasteiger partial charge on any atom is 0.222 e. The number of nitrogens with two attached hydrogens (primary N) is 1. The van der Waals surface area contributed by atoms with Crippen molar-refractivity contribution in [3.05, 3.63) is 36.3 Å². The van der Waals surface area contributed by atoms with Gasteiger partial charge < -0.3 is 15.8 Å². The van der Waals surface area contributed by atoms with E-state index in [1.54, 1.807) is 12.4 Å². The molecule has 3 N–H and O–H groups in total. The van der Waals surface area contributed by atoms with Crippen LogP contribution in [0.4, 0.5) is 11.8 Å². The van der Waals surface area contributed by atoms with Gasteiger partial charge in [0.1, 0.15) is 6.61 Å². The Morgan fingerprint density at radius 2 is 2.04 bits per heavy atom. The first-order chi connectivity index (χ1) is 11.7. The number of hydrogen-bond donors (Lipinski definition) is 2. The summed E-state index contributed by atoms with van der Waals surface area (Å²) >= 11 is 0. The molecule has 0 bridgehead atoms. The predicted octanol–water partition coefficient (Wildman–Crippen LogP) is 3.80. The molecular weight excluding hydrogens is 302 g/mol. The normalized spacial score (nSPS) is 11.9. The summed E-state index contributed by atoms with van der Waals surface area (Å²) in [6.07, 6.45) is 9.04. The molecule has 2 aromatic heterocycles. The predicted molar refractivity (Wildman–Crippen MR) is 96.9 cm³/mol. The maximum absolute atomic E-state index is 5.86. The van der Waals surface area contributed by atoms with Crippen molar-refractivity contribution in [2.24, 2.45) is 0 Å². The number of nitrogens with zero attached hydrogens (tertiary/aromatic N) is 3. The maximum atomic E-state index is 5.86. The standard InChI is InChI=1S/C18H27N5O/c1-3-5-9-14(8-4-2)22-17-16(12-21-18(19)23-17)24-13-15-10-6-7-11-20-15/h6-7,10-12,14H,3-5,8-9,13H2,1-2H3,(H3,19,21,22,23)/t14-/m1/s1. The summed E-state index contributed by atoms with van der Waals surface area (Å²) in [7, 11) is 0. The van der Waals surface area contributed by atoms with Gasteiger partial charge in [0, 0.05) is 12.2 Å². The quantitative estimate of drug-likeness (QED) is 0.689. The molecular formula is C18H27N5O. The van der Waals surface area contributed by atoms with Crippen LogP contribution in [0, 0.1) is 0 Å². The molecule has 0 radical (unpaired) electrons. The van der Waals surface area contributed by atoms with E-state index in [0.29, 0.717) is 24.2 Å². The molecule has 0 unspecified atom stereocenters. The Kier molecular flexibility index (Phi) is 7.26. The highest BCUT2D eigenvalue weighted by atomic mass is 16.5. The molecule has 0 aliphatic rings. The summed E-state index contributed by atoms with van der Waals surface area (Å²) in [5.41, 5.74) is 6.61. The molecule has 0 amide bonds. The lowest BCUT2D eigenvalue weighted by Crippen LogP contribution is -2.21. The van der Waals surface area contributed by atoms with E-state index in [2.05, 4.69) is 34.1 Å². The Hall–Kier alpha value is -2.37. The highest BCUT2D eigenvalue weighted by Crippen LogP contribution is 2.25. The van der Waals surface area contributed by atoms with Crippen molar-refractivity contribution in [3.8, 4) is 5.75 Å². The van der Waals surface area contributed by atoms with E-state index in [1.807, 2.05) is 18.2 Å². The van der Waals surface area contributed by atoms with Crippen LogP contribution in [-0.2, 0) is 6.61 Å². The minimum atomic E-state index is 0.244. The van der Waals surface area contributed by atoms with E-state index in [1.165, 1.54) is 12.8 Å². The van der Waals surface area contributed by atoms with Crippen molar-refractivity contribution in [1.29, 1.82) is 0 Å². The number of rotatable bonds is 10. The van der Waals surface area contributed by atoms with Gasteiger partial charge in [0.15, 0.2) is 11.6 Å². The van der Waals surface area contributed by atoms with Gasteiger partial charge in [0.05, 0.1) is 11.9 Å². The zero-order valence-corrected chi connectivity index (χ0v) is 14.5. The molecule has 0 aliphatic heterocycles. The molecule has 1 atom stereocenters. The average Bonchev–Trinajstić information content (AvgIpc) is 2.60. The fourth-order valence-electron chi connectivity index (χ4n) is 2.51. The van der Waals surface area contributed by atoms with Crippen molar-refractivity contribution in [2.75, 3.05) is 11.1 Å². The number of aromatic nitrogens is 3. The molecule has 130 valence electrons. The average molecular weight is 329 g/mol. The fraction of sp³-hybridized carbons (Fsp3) is 0.500. The second kappa shape index (κ2) is 9.70. The second-order valence-corrected chi connectivity index (χ2v) is 5.82. The lowest BCUT2D eigenvalue weighted by Gasteiger charge is -2.20. The largest absolute Gasteiger partial charge is 0.482 e. The summed E-state index contributed by atoms with van der Waals surface area (Å²) in [6.45, 7) is 4.76. The van der Waals surface area contributed by atoms with Crippen LogP contribution < -0.4 is 15.8 Å². The number of hydrogen-bond acceptors (Lipinski definition) is 6. The van der Waals surface area contributed by atoms with E-state index in [0.717, 1.165) is 25.0 Å². The number of nitrogens with one attached hydrogen (secondary N) is 1. The first kappa shape index (κ1) is 18.0. The fourth-order valence-corrected chi connectivity index (χ4v) is 2.51. The molecule has 2 heterocycles. The molecule has 6 heteroatoms. The van der Waals surface area contributed by atoms with Gasteiger partial charge in [0.2, 0.25) is 5.95 Å². The Labute approximate surface area is 143 Å². The number of anilines is 2. The summed E-state index contributed by atoms with van der Waals surface area (Å²) in [6, 6.07) is 6.10. The van der Waals surface area contributed by atoms with Crippen LogP contribution in [0.2, 0.25) is 0 Å². The Morgan fingerprint density at radius 3 is 2.75 bits per heavy atom. The Morgan fingerprint density at radius 1 is 1.17 bits per heavy atom. The van der Waals surface area contributed by atoms with E-state index < -0.39 is 0 Å². The third-order valence-electron chi connectivity index (χ3n) is 3.76. The monoisotopic (exact) mass is 329 g/mol. The van der Waals surface area contributed by atoms with Crippen molar-refractivity contribution < 1.29 is 4.74 Å². The minimum Gasteiger partial charge on any atom is -0.482 e. The highest BCUT2D eigenvalue weighted by molar-refractivity contribution is 5.51. The molecule has 0 saturated heterocycles. The minimum absolute atomic E-state index is 0.244. The van der Waals surface area contributed by atoms with Crippen molar-refractivity contribution in [3.63, 3.8) is 0 Å². The molecule has 2 aromatic rings. The van der Waals surface area contributed by atoms with Gasteiger partial charge in [-0.05, 0) is 25.0 Å². The van der Waals surface area contributed by atoms with Gasteiger partial charge in [-0.2, -0.15) is 4.98 Å². The molecule has 0 spiro atoms. The number of nitrogen functional groups attached to an aromatic ring is 1. The van der Waals surface area contributed by atoms with Gasteiger partial charge in [-0.1, -0.05) is 39.2 Å². The van der Waals surface area contributed by atoms with E-state index >= 15 is 0 Å². The second-order valence-electron chi connectivity index (χ2n) is 5.82. The Bertz CT molecular complexity index is 606. The van der Waals surface area contributed by atoms with Gasteiger partial charge in [0.25, 0.3) is 0 Å². The molecule has 0 aliphatic carbocycles. The van der Waals surface area contributed by atoms with E-state index in [-0.39, 0.29) is 5.95 Å². The summed E-state index contributed by atoms with van der Waals surface area (Å²) in [4.78, 5) is 12.6. The first-order valence-corrected chi connectivity index (χ1v) is 8.64. The third kappa shape index (κ3) is 5.68. The van der Waals surface area contributed by atoms with Crippen LogP contribution in [0.25, 0.3) is 0 Å². The molecule has 6 nitrogen and oxygen atoms in total. The SMILES string of the molecule is CCCC[C@@H](CCC)Nc1nc(N)ncc1OCc1ccccn1. The van der Waals surface area contributed by atoms with Crippen LogP contribution in [0.1, 0.15) is 51.6 Å². The molecule has 0 saturated carbocycles. The Balaban J connectivity index is 2.08. The summed E-state index contributed by atoms with van der Waals surface area (Å²) in [5, 5.41) is 3.48. The topological polar surface area (TPSA) is 86.0 Å². The van der Waals surface area contributed by atoms with Gasteiger partial charge >= 0.3 is 0 Å². The zero-order valence-electron chi connectivity index (χ0n) is 14.5. The lowest BCUT2D eigenvalue weighted by molar-refractivity contribution is 0.300. The van der Waals surface area contributed by atoms with Crippen LogP contribution >= 0.6 is 0 Å². The highest BCUT2D eigenvalue weighted by Gasteiger charge is 2.13. The van der Waals surface area contributed by atoms with Crippen LogP contribution in [0.15, 0.2) is 30.6 Å². The van der Waals surface area contributed by atoms with Gasteiger partial charge in [-0.3, -0.25) is 4.98 Å². The molecule has 2 rings (SSSR count). The third-order valence-corrected chi connectivity index (χ3v) is 3.76. The first-order valence-electron chi connectivity index (χ1n) is 8.64. The van der Waals surface area contributed by atoms with Crippen LogP contribution in [0.5, 0.6) is 5.75 Å². The van der Waals surface area contributed by atoms with Crippen molar-refractivity contribution >= 4 is 11.8 Å². The molecule has 0 aromatic carbocycles. The zero-order chi connectivity index (χ0) is 17.2. The number of unbranched alkanes of at least 4 members (excludes halogenated alkanes) is 1. The lowest BCUT2D eigenvalue weighted by atomic mass is 10.1. The molecule has 24 heavy (non-hydrogen) atoms. The summed E-state index contributed by atoms with van der Waals surface area (Å²) < 4.78 is 5.86. The smallest absolute Gasteiger partial charge is 0.222 e. The molecule has 0 fully saturated rings.